The maximum Gasteiger partial charge on any atom is 0.141 e. The molecule has 0 unspecified atom stereocenters. The molecule has 27 heavy (non-hydrogen) atoms. The van der Waals surface area contributed by atoms with Crippen LogP contribution in [0.15, 0.2) is 109 Å². The summed E-state index contributed by atoms with van der Waals surface area (Å²) in [5.41, 5.74) is 3.07. The van der Waals surface area contributed by atoms with E-state index in [-0.39, 0.29) is 0 Å². The molecule has 0 radical (unpaired) electrons. The molecule has 0 saturated heterocycles. The van der Waals surface area contributed by atoms with Gasteiger partial charge in [0.2, 0.25) is 0 Å². The van der Waals surface area contributed by atoms with E-state index in [0.717, 1.165) is 27.8 Å². The van der Waals surface area contributed by atoms with Gasteiger partial charge in [-0.05, 0) is 34.4 Å². The minimum atomic E-state index is -1.29. The number of rotatable bonds is 4. The fraction of sp³-hybridized carbons (Fsp3) is 0.0400. The highest BCUT2D eigenvalue weighted by molar-refractivity contribution is 6.30. The standard InChI is InChI=1S/C25H19ClO/c26-22-16-17-24(23(18-22)19-10-4-1-5-11-19)25(27,20-12-6-2-7-13-20)21-14-8-3-9-15-21/h1-18,27H. The highest BCUT2D eigenvalue weighted by atomic mass is 35.5. The second-order valence-corrected chi connectivity index (χ2v) is 6.93. The molecule has 0 aliphatic carbocycles. The van der Waals surface area contributed by atoms with Crippen molar-refractivity contribution in [1.29, 1.82) is 0 Å². The van der Waals surface area contributed by atoms with Crippen molar-refractivity contribution in [3.8, 4) is 11.1 Å². The largest absolute Gasteiger partial charge is 0.376 e. The first-order valence-electron chi connectivity index (χ1n) is 8.88. The van der Waals surface area contributed by atoms with Gasteiger partial charge in [-0.25, -0.2) is 0 Å². The van der Waals surface area contributed by atoms with E-state index in [9.17, 15) is 5.11 Å². The first kappa shape index (κ1) is 17.5. The van der Waals surface area contributed by atoms with Gasteiger partial charge < -0.3 is 5.11 Å². The molecule has 4 rings (SSSR count). The summed E-state index contributed by atoms with van der Waals surface area (Å²) in [6.07, 6.45) is 0. The fourth-order valence-electron chi connectivity index (χ4n) is 3.52. The number of hydrogen-bond acceptors (Lipinski definition) is 1. The summed E-state index contributed by atoms with van der Waals surface area (Å²) in [4.78, 5) is 0. The summed E-state index contributed by atoms with van der Waals surface area (Å²) in [5.74, 6) is 0. The van der Waals surface area contributed by atoms with Crippen LogP contribution in [-0.2, 0) is 5.60 Å². The lowest BCUT2D eigenvalue weighted by Gasteiger charge is -2.32. The highest BCUT2D eigenvalue weighted by Gasteiger charge is 2.35. The molecule has 1 nitrogen and oxygen atoms in total. The average Bonchev–Trinajstić information content (AvgIpc) is 2.75. The van der Waals surface area contributed by atoms with E-state index in [1.807, 2.05) is 109 Å². The number of halogens is 1. The van der Waals surface area contributed by atoms with Crippen LogP contribution in [0.4, 0.5) is 0 Å². The van der Waals surface area contributed by atoms with Gasteiger partial charge in [-0.1, -0.05) is 109 Å². The van der Waals surface area contributed by atoms with E-state index in [4.69, 9.17) is 11.6 Å². The molecule has 0 aliphatic rings. The average molecular weight is 371 g/mol. The molecule has 132 valence electrons. The Morgan fingerprint density at radius 3 is 1.59 bits per heavy atom. The molecule has 0 saturated carbocycles. The van der Waals surface area contributed by atoms with Gasteiger partial charge in [0.25, 0.3) is 0 Å². The van der Waals surface area contributed by atoms with Crippen molar-refractivity contribution in [1.82, 2.24) is 0 Å². The van der Waals surface area contributed by atoms with Crippen molar-refractivity contribution < 1.29 is 5.11 Å². The molecule has 0 aliphatic heterocycles. The van der Waals surface area contributed by atoms with E-state index in [1.54, 1.807) is 0 Å². The van der Waals surface area contributed by atoms with Crippen molar-refractivity contribution >= 4 is 11.6 Å². The Labute approximate surface area is 164 Å². The first-order valence-corrected chi connectivity index (χ1v) is 9.26. The van der Waals surface area contributed by atoms with Crippen LogP contribution >= 0.6 is 11.6 Å². The second kappa shape index (κ2) is 7.40. The summed E-state index contributed by atoms with van der Waals surface area (Å²) in [7, 11) is 0. The van der Waals surface area contributed by atoms with E-state index in [1.165, 1.54) is 0 Å². The molecule has 0 spiro atoms. The summed E-state index contributed by atoms with van der Waals surface area (Å²) >= 11 is 6.33. The minimum absolute atomic E-state index is 0.640. The molecule has 0 heterocycles. The second-order valence-electron chi connectivity index (χ2n) is 6.50. The number of aliphatic hydroxyl groups is 1. The predicted molar refractivity (Wildman–Crippen MR) is 112 cm³/mol. The lowest BCUT2D eigenvalue weighted by atomic mass is 9.77. The van der Waals surface area contributed by atoms with Crippen molar-refractivity contribution in [2.24, 2.45) is 0 Å². The van der Waals surface area contributed by atoms with E-state index in [0.29, 0.717) is 5.02 Å². The molecular formula is C25H19ClO. The topological polar surface area (TPSA) is 20.2 Å². The SMILES string of the molecule is OC(c1ccccc1)(c1ccccc1)c1ccc(Cl)cc1-c1ccccc1. The Balaban J connectivity index is 2.03. The summed E-state index contributed by atoms with van der Waals surface area (Å²) in [6, 6.07) is 35.2. The lowest BCUT2D eigenvalue weighted by Crippen LogP contribution is -2.29. The van der Waals surface area contributed by atoms with Crippen LogP contribution in [0.3, 0.4) is 0 Å². The summed E-state index contributed by atoms with van der Waals surface area (Å²) < 4.78 is 0. The van der Waals surface area contributed by atoms with Crippen LogP contribution in [0.5, 0.6) is 0 Å². The Morgan fingerprint density at radius 2 is 1.07 bits per heavy atom. The maximum absolute atomic E-state index is 12.1. The molecule has 0 fully saturated rings. The summed E-state index contributed by atoms with van der Waals surface area (Å²) in [6.45, 7) is 0. The third-order valence-corrected chi connectivity index (χ3v) is 5.07. The van der Waals surface area contributed by atoms with Gasteiger partial charge in [0.05, 0.1) is 0 Å². The fourth-order valence-corrected chi connectivity index (χ4v) is 3.70. The number of hydrogen-bond donors (Lipinski definition) is 1. The van der Waals surface area contributed by atoms with Gasteiger partial charge in [0, 0.05) is 10.6 Å². The molecule has 4 aromatic rings. The van der Waals surface area contributed by atoms with Crippen LogP contribution in [0, 0.1) is 0 Å². The normalized spacial score (nSPS) is 11.3. The van der Waals surface area contributed by atoms with Crippen LogP contribution in [0.25, 0.3) is 11.1 Å². The maximum atomic E-state index is 12.1. The Kier molecular flexibility index (Phi) is 4.81. The monoisotopic (exact) mass is 370 g/mol. The third kappa shape index (κ3) is 3.28. The molecule has 0 aromatic heterocycles. The molecular weight excluding hydrogens is 352 g/mol. The smallest absolute Gasteiger partial charge is 0.141 e. The zero-order chi connectivity index (χ0) is 18.7. The van der Waals surface area contributed by atoms with Crippen molar-refractivity contribution in [2.45, 2.75) is 5.60 Å². The lowest BCUT2D eigenvalue weighted by molar-refractivity contribution is 0.126. The molecule has 0 amide bonds. The van der Waals surface area contributed by atoms with Crippen molar-refractivity contribution in [2.75, 3.05) is 0 Å². The zero-order valence-electron chi connectivity index (χ0n) is 14.7. The molecule has 2 heteroatoms. The number of benzene rings is 4. The van der Waals surface area contributed by atoms with Gasteiger partial charge >= 0.3 is 0 Å². The van der Waals surface area contributed by atoms with Gasteiger partial charge in [0.1, 0.15) is 5.60 Å². The molecule has 1 N–H and O–H groups in total. The Hall–Kier alpha value is -2.87. The van der Waals surface area contributed by atoms with Gasteiger partial charge in [-0.3, -0.25) is 0 Å². The van der Waals surface area contributed by atoms with Gasteiger partial charge in [0.15, 0.2) is 0 Å². The van der Waals surface area contributed by atoms with Gasteiger partial charge in [-0.15, -0.1) is 0 Å². The predicted octanol–water partition coefficient (Wildman–Crippen LogP) is 6.29. The van der Waals surface area contributed by atoms with E-state index in [2.05, 4.69) is 0 Å². The van der Waals surface area contributed by atoms with E-state index < -0.39 is 5.60 Å². The van der Waals surface area contributed by atoms with Crippen molar-refractivity contribution in [3.05, 3.63) is 131 Å². The minimum Gasteiger partial charge on any atom is -0.376 e. The quantitative estimate of drug-likeness (QED) is 0.418. The first-order chi connectivity index (χ1) is 13.2. The van der Waals surface area contributed by atoms with Crippen LogP contribution < -0.4 is 0 Å². The van der Waals surface area contributed by atoms with Crippen molar-refractivity contribution in [3.63, 3.8) is 0 Å². The van der Waals surface area contributed by atoms with Crippen LogP contribution in [-0.4, -0.2) is 5.11 Å². The molecule has 0 atom stereocenters. The van der Waals surface area contributed by atoms with Crippen LogP contribution in [0.1, 0.15) is 16.7 Å². The van der Waals surface area contributed by atoms with E-state index >= 15 is 0 Å². The Morgan fingerprint density at radius 1 is 0.593 bits per heavy atom. The Bertz CT molecular complexity index is 988. The highest BCUT2D eigenvalue weighted by Crippen LogP contribution is 2.42. The third-order valence-electron chi connectivity index (χ3n) is 4.84. The van der Waals surface area contributed by atoms with Gasteiger partial charge in [-0.2, -0.15) is 0 Å². The summed E-state index contributed by atoms with van der Waals surface area (Å²) in [5, 5.41) is 12.8. The molecule has 0 bridgehead atoms. The zero-order valence-corrected chi connectivity index (χ0v) is 15.5. The van der Waals surface area contributed by atoms with Crippen LogP contribution in [0.2, 0.25) is 5.02 Å². The molecule has 4 aromatic carbocycles.